The fraction of sp³-hybridized carbons (Fsp3) is 0.227. The smallest absolute Gasteiger partial charge is 0.258 e. The number of hydrogen-bond donors (Lipinski definition) is 2. The van der Waals surface area contributed by atoms with Gasteiger partial charge in [-0.05, 0) is 44.2 Å². The Morgan fingerprint density at radius 2 is 1.97 bits per heavy atom. The minimum Gasteiger partial charge on any atom is -0.495 e. The van der Waals surface area contributed by atoms with Gasteiger partial charge in [0.15, 0.2) is 0 Å². The number of nitrogens with one attached hydrogen (secondary N) is 2. The van der Waals surface area contributed by atoms with E-state index in [2.05, 4.69) is 20.7 Å². The first-order chi connectivity index (χ1) is 14.4. The van der Waals surface area contributed by atoms with Crippen molar-refractivity contribution in [3.63, 3.8) is 0 Å². The van der Waals surface area contributed by atoms with Crippen molar-refractivity contribution < 1.29 is 9.53 Å². The zero-order valence-electron chi connectivity index (χ0n) is 17.4. The molecule has 0 spiro atoms. The molecule has 0 unspecified atom stereocenters. The van der Waals surface area contributed by atoms with Crippen molar-refractivity contribution in [3.05, 3.63) is 76.1 Å². The first-order valence-electron chi connectivity index (χ1n) is 9.39. The Morgan fingerprint density at radius 1 is 1.20 bits per heavy atom. The van der Waals surface area contributed by atoms with Crippen LogP contribution in [0.2, 0.25) is 5.02 Å². The lowest BCUT2D eigenvalue weighted by Crippen LogP contribution is -2.36. The zero-order valence-corrected chi connectivity index (χ0v) is 18.1. The van der Waals surface area contributed by atoms with Crippen molar-refractivity contribution in [3.8, 4) is 5.75 Å². The highest BCUT2D eigenvalue weighted by molar-refractivity contribution is 6.31. The van der Waals surface area contributed by atoms with Crippen LogP contribution >= 0.6 is 11.6 Å². The number of halogens is 1. The molecule has 156 valence electrons. The van der Waals surface area contributed by atoms with Gasteiger partial charge in [0.2, 0.25) is 5.96 Å². The number of carbonyl (C=O) groups excluding carboxylic acids is 1. The molecule has 2 aromatic carbocycles. The Balaban J connectivity index is 1.90. The van der Waals surface area contributed by atoms with Crippen LogP contribution in [-0.4, -0.2) is 28.8 Å². The summed E-state index contributed by atoms with van der Waals surface area (Å²) in [7, 11) is 3.48. The van der Waals surface area contributed by atoms with E-state index in [4.69, 9.17) is 16.3 Å². The lowest BCUT2D eigenvalue weighted by Gasteiger charge is -2.14. The van der Waals surface area contributed by atoms with Crippen molar-refractivity contribution in [2.24, 2.45) is 12.0 Å². The summed E-state index contributed by atoms with van der Waals surface area (Å²) in [6.45, 7) is 4.29. The van der Waals surface area contributed by atoms with Gasteiger partial charge in [0.25, 0.3) is 5.91 Å². The second kappa shape index (κ2) is 9.45. The van der Waals surface area contributed by atoms with E-state index in [1.807, 2.05) is 49.8 Å². The number of aromatic nitrogens is 2. The molecule has 3 aromatic rings. The Hall–Kier alpha value is -3.32. The molecule has 8 heteroatoms. The predicted molar refractivity (Wildman–Crippen MR) is 119 cm³/mol. The Kier molecular flexibility index (Phi) is 6.74. The molecule has 3 rings (SSSR count). The average Bonchev–Trinajstić information content (AvgIpc) is 2.97. The number of hydrogen-bond acceptors (Lipinski definition) is 4. The molecule has 1 amide bonds. The van der Waals surface area contributed by atoms with E-state index in [1.54, 1.807) is 31.4 Å². The van der Waals surface area contributed by atoms with Gasteiger partial charge in [-0.2, -0.15) is 5.10 Å². The number of guanidine groups is 1. The summed E-state index contributed by atoms with van der Waals surface area (Å²) in [5, 5.41) is 10.9. The molecule has 0 radical (unpaired) electrons. The number of carbonyl (C=O) groups is 1. The number of methoxy groups -OCH3 is 1. The molecule has 0 aliphatic carbocycles. The molecule has 0 aliphatic heterocycles. The highest BCUT2D eigenvalue weighted by Crippen LogP contribution is 2.23. The first-order valence-corrected chi connectivity index (χ1v) is 9.77. The largest absolute Gasteiger partial charge is 0.495 e. The third-order valence-electron chi connectivity index (χ3n) is 4.73. The highest BCUT2D eigenvalue weighted by Gasteiger charge is 2.13. The standard InChI is InChI=1S/C22H24ClN5O2/c1-14-18(15(2)28(3)27-14)13-24-22(25-19-10-5-6-11-20(19)30-4)26-21(29)16-8-7-9-17(23)12-16/h5-12H,13H2,1-4H3,(H2,24,25,26,29). The number of ether oxygens (including phenoxy) is 1. The third-order valence-corrected chi connectivity index (χ3v) is 4.97. The van der Waals surface area contributed by atoms with E-state index in [9.17, 15) is 4.79 Å². The normalized spacial score (nSPS) is 11.3. The van der Waals surface area contributed by atoms with Gasteiger partial charge in [-0.15, -0.1) is 0 Å². The van der Waals surface area contributed by atoms with Crippen LogP contribution < -0.4 is 15.4 Å². The van der Waals surface area contributed by atoms with Gasteiger partial charge in [-0.1, -0.05) is 29.8 Å². The fourth-order valence-corrected chi connectivity index (χ4v) is 3.19. The lowest BCUT2D eigenvalue weighted by atomic mass is 10.2. The molecule has 0 saturated heterocycles. The van der Waals surface area contributed by atoms with Gasteiger partial charge in [-0.25, -0.2) is 4.99 Å². The maximum Gasteiger partial charge on any atom is 0.258 e. The van der Waals surface area contributed by atoms with Gasteiger partial charge >= 0.3 is 0 Å². The molecule has 0 aliphatic rings. The predicted octanol–water partition coefficient (Wildman–Crippen LogP) is 4.10. The maximum absolute atomic E-state index is 12.8. The van der Waals surface area contributed by atoms with E-state index in [-0.39, 0.29) is 5.91 Å². The minimum absolute atomic E-state index is 0.298. The van der Waals surface area contributed by atoms with Gasteiger partial charge in [0.1, 0.15) is 5.75 Å². The Labute approximate surface area is 180 Å². The average molecular weight is 426 g/mol. The van der Waals surface area contributed by atoms with Crippen molar-refractivity contribution in [2.75, 3.05) is 12.4 Å². The number of amides is 1. The quantitative estimate of drug-likeness (QED) is 0.476. The molecule has 0 bridgehead atoms. The highest BCUT2D eigenvalue weighted by atomic mass is 35.5. The molecule has 1 heterocycles. The number of para-hydroxylation sites is 2. The first kappa shape index (κ1) is 21.4. The number of rotatable bonds is 5. The molecular weight excluding hydrogens is 402 g/mol. The zero-order chi connectivity index (χ0) is 21.7. The summed E-state index contributed by atoms with van der Waals surface area (Å²) in [6, 6.07) is 14.2. The van der Waals surface area contributed by atoms with Crippen LogP contribution in [-0.2, 0) is 13.6 Å². The second-order valence-corrected chi connectivity index (χ2v) is 7.16. The van der Waals surface area contributed by atoms with Gasteiger partial charge in [0, 0.05) is 28.9 Å². The molecule has 0 saturated carbocycles. The maximum atomic E-state index is 12.8. The number of anilines is 1. The van der Waals surface area contributed by atoms with E-state index in [1.165, 1.54) is 0 Å². The number of aliphatic imine (C=N–C) groups is 1. The fourth-order valence-electron chi connectivity index (χ4n) is 3.00. The Morgan fingerprint density at radius 3 is 2.63 bits per heavy atom. The van der Waals surface area contributed by atoms with Crippen LogP contribution in [0.3, 0.4) is 0 Å². The van der Waals surface area contributed by atoms with E-state index >= 15 is 0 Å². The van der Waals surface area contributed by atoms with Gasteiger partial charge in [-0.3, -0.25) is 14.8 Å². The van der Waals surface area contributed by atoms with Crippen molar-refractivity contribution in [1.82, 2.24) is 15.1 Å². The van der Waals surface area contributed by atoms with Crippen LogP contribution in [0.15, 0.2) is 53.5 Å². The van der Waals surface area contributed by atoms with Gasteiger partial charge in [0.05, 0.1) is 25.0 Å². The van der Waals surface area contributed by atoms with E-state index < -0.39 is 0 Å². The number of nitrogens with zero attached hydrogens (tertiary/aromatic N) is 3. The van der Waals surface area contributed by atoms with Crippen molar-refractivity contribution >= 4 is 29.2 Å². The molecule has 0 atom stereocenters. The summed E-state index contributed by atoms with van der Waals surface area (Å²) < 4.78 is 7.21. The molecule has 30 heavy (non-hydrogen) atoms. The molecule has 2 N–H and O–H groups in total. The lowest BCUT2D eigenvalue weighted by molar-refractivity contribution is 0.0977. The third kappa shape index (κ3) is 4.99. The minimum atomic E-state index is -0.321. The van der Waals surface area contributed by atoms with E-state index in [0.29, 0.717) is 34.5 Å². The van der Waals surface area contributed by atoms with Crippen molar-refractivity contribution in [1.29, 1.82) is 0 Å². The number of aryl methyl sites for hydroxylation is 2. The summed E-state index contributed by atoms with van der Waals surface area (Å²) in [4.78, 5) is 17.4. The topological polar surface area (TPSA) is 80.5 Å². The molecule has 0 fully saturated rings. The van der Waals surface area contributed by atoms with E-state index in [0.717, 1.165) is 17.0 Å². The summed E-state index contributed by atoms with van der Waals surface area (Å²) in [5.41, 5.74) is 4.05. The molecule has 1 aromatic heterocycles. The monoisotopic (exact) mass is 425 g/mol. The molecular formula is C22H24ClN5O2. The second-order valence-electron chi connectivity index (χ2n) is 6.73. The van der Waals surface area contributed by atoms with Crippen LogP contribution in [0, 0.1) is 13.8 Å². The van der Waals surface area contributed by atoms with Crippen LogP contribution in [0.1, 0.15) is 27.3 Å². The summed E-state index contributed by atoms with van der Waals surface area (Å²) in [5.74, 6) is 0.612. The van der Waals surface area contributed by atoms with Crippen molar-refractivity contribution in [2.45, 2.75) is 20.4 Å². The summed E-state index contributed by atoms with van der Waals surface area (Å²) >= 11 is 6.02. The van der Waals surface area contributed by atoms with Crippen LogP contribution in [0.4, 0.5) is 5.69 Å². The Bertz CT molecular complexity index is 1090. The van der Waals surface area contributed by atoms with Crippen LogP contribution in [0.25, 0.3) is 0 Å². The summed E-state index contributed by atoms with van der Waals surface area (Å²) in [6.07, 6.45) is 0. The molecule has 7 nitrogen and oxygen atoms in total. The van der Waals surface area contributed by atoms with Gasteiger partial charge < -0.3 is 10.1 Å². The van der Waals surface area contributed by atoms with Crippen LogP contribution in [0.5, 0.6) is 5.75 Å². The number of benzene rings is 2. The SMILES string of the molecule is COc1ccccc1NC(=NCc1c(C)nn(C)c1C)NC(=O)c1cccc(Cl)c1.